The summed E-state index contributed by atoms with van der Waals surface area (Å²) in [4.78, 5) is 12.6. The molecule has 0 aliphatic rings. The summed E-state index contributed by atoms with van der Waals surface area (Å²) in [6.07, 6.45) is 2.09. The number of carbonyl (C=O) groups excluding carboxylic acids is 1. The molecule has 0 spiro atoms. The van der Waals surface area contributed by atoms with Crippen molar-refractivity contribution in [2.24, 2.45) is 0 Å². The zero-order valence-electron chi connectivity index (χ0n) is 17.4. The molecule has 0 aliphatic heterocycles. The highest BCUT2D eigenvalue weighted by molar-refractivity contribution is 7.13. The van der Waals surface area contributed by atoms with Crippen molar-refractivity contribution in [3.63, 3.8) is 0 Å². The zero-order valence-corrected chi connectivity index (χ0v) is 19.0. The number of aliphatic hydroxyl groups is 1. The van der Waals surface area contributed by atoms with Crippen molar-refractivity contribution < 1.29 is 24.1 Å². The molecule has 1 unspecified atom stereocenters. The Morgan fingerprint density at radius 2 is 1.97 bits per heavy atom. The first-order valence-electron chi connectivity index (χ1n) is 9.61. The molecule has 0 radical (unpaired) electrons. The molecule has 0 fully saturated rings. The van der Waals surface area contributed by atoms with Crippen molar-refractivity contribution in [3.05, 3.63) is 75.6 Å². The van der Waals surface area contributed by atoms with E-state index in [-0.39, 0.29) is 0 Å². The van der Waals surface area contributed by atoms with Crippen LogP contribution in [0.15, 0.2) is 53.9 Å². The highest BCUT2D eigenvalue weighted by Crippen LogP contribution is 2.42. The lowest BCUT2D eigenvalue weighted by Gasteiger charge is -2.20. The Morgan fingerprint density at radius 3 is 2.68 bits per heavy atom. The Hall–Kier alpha value is -2.80. The van der Waals surface area contributed by atoms with Crippen LogP contribution in [0, 0.1) is 0 Å². The Labute approximate surface area is 190 Å². The molecule has 0 saturated heterocycles. The Balaban J connectivity index is 2.08. The van der Waals surface area contributed by atoms with Crippen LogP contribution in [0.2, 0.25) is 5.02 Å². The van der Waals surface area contributed by atoms with Gasteiger partial charge in [0.2, 0.25) is 0 Å². The molecule has 162 valence electrons. The van der Waals surface area contributed by atoms with E-state index in [0.29, 0.717) is 34.3 Å². The lowest BCUT2D eigenvalue weighted by Crippen LogP contribution is -2.05. The van der Waals surface area contributed by atoms with Gasteiger partial charge in [0.15, 0.2) is 11.5 Å². The molecule has 0 bridgehead atoms. The predicted octanol–water partition coefficient (Wildman–Crippen LogP) is 5.74. The summed E-state index contributed by atoms with van der Waals surface area (Å²) < 4.78 is 15.8. The Kier molecular flexibility index (Phi) is 7.74. The van der Waals surface area contributed by atoms with E-state index in [1.165, 1.54) is 24.5 Å². The Bertz CT molecular complexity index is 1090. The maximum Gasteiger partial charge on any atom is 0.330 e. The topological polar surface area (TPSA) is 65.0 Å². The van der Waals surface area contributed by atoms with Gasteiger partial charge in [0.05, 0.1) is 20.8 Å². The third kappa shape index (κ3) is 5.10. The number of ether oxygens (including phenoxy) is 3. The number of hydrogen-bond acceptors (Lipinski definition) is 6. The number of para-hydroxylation sites is 1. The standard InChI is InChI=1S/C24H23ClO5S/c1-4-30-21(26)11-8-15-12-13-31-24(15)17-10-9-16(25)14-19(17)22(27)18-6-5-7-20(28-2)23(18)29-3/h5-14,22,27H,4H2,1-3H3/b11-8+. The summed E-state index contributed by atoms with van der Waals surface area (Å²) in [6.45, 7) is 2.07. The largest absolute Gasteiger partial charge is 0.493 e. The number of thiophene rings is 1. The quantitative estimate of drug-likeness (QED) is 0.344. The minimum absolute atomic E-state index is 0.315. The SMILES string of the molecule is CCOC(=O)/C=C/c1ccsc1-c1ccc(Cl)cc1C(O)c1cccc(OC)c1OC. The number of hydrogen-bond donors (Lipinski definition) is 1. The van der Waals surface area contributed by atoms with Gasteiger partial charge in [-0.1, -0.05) is 29.8 Å². The van der Waals surface area contributed by atoms with E-state index in [4.69, 9.17) is 25.8 Å². The fourth-order valence-electron chi connectivity index (χ4n) is 3.28. The number of aliphatic hydroxyl groups excluding tert-OH is 1. The number of esters is 1. The molecule has 0 saturated carbocycles. The molecule has 5 nitrogen and oxygen atoms in total. The molecule has 1 aromatic heterocycles. The molecular weight excluding hydrogens is 436 g/mol. The summed E-state index contributed by atoms with van der Waals surface area (Å²) in [6, 6.07) is 12.6. The number of rotatable bonds is 8. The van der Waals surface area contributed by atoms with Crippen LogP contribution >= 0.6 is 22.9 Å². The first-order chi connectivity index (χ1) is 15.0. The second kappa shape index (κ2) is 10.5. The first-order valence-corrected chi connectivity index (χ1v) is 10.9. The molecule has 0 aliphatic carbocycles. The van der Waals surface area contributed by atoms with Gasteiger partial charge in [0, 0.05) is 21.5 Å². The van der Waals surface area contributed by atoms with Gasteiger partial charge in [0.1, 0.15) is 6.10 Å². The van der Waals surface area contributed by atoms with Crippen molar-refractivity contribution in [2.75, 3.05) is 20.8 Å². The predicted molar refractivity (Wildman–Crippen MR) is 124 cm³/mol. The molecule has 3 rings (SSSR count). The van der Waals surface area contributed by atoms with E-state index >= 15 is 0 Å². The fourth-order valence-corrected chi connectivity index (χ4v) is 4.40. The van der Waals surface area contributed by atoms with E-state index in [2.05, 4.69) is 0 Å². The zero-order chi connectivity index (χ0) is 22.4. The molecule has 3 aromatic rings. The molecule has 1 N–H and O–H groups in total. The van der Waals surface area contributed by atoms with E-state index in [1.54, 1.807) is 50.4 Å². The molecule has 2 aromatic carbocycles. The second-order valence-electron chi connectivity index (χ2n) is 6.51. The molecule has 7 heteroatoms. The van der Waals surface area contributed by atoms with E-state index in [1.807, 2.05) is 17.5 Å². The molecule has 1 heterocycles. The summed E-state index contributed by atoms with van der Waals surface area (Å²) in [5.74, 6) is 0.575. The highest BCUT2D eigenvalue weighted by atomic mass is 35.5. The average Bonchev–Trinajstić information content (AvgIpc) is 3.25. The van der Waals surface area contributed by atoms with Gasteiger partial charge < -0.3 is 19.3 Å². The number of carbonyl (C=O) groups is 1. The third-order valence-electron chi connectivity index (χ3n) is 4.66. The van der Waals surface area contributed by atoms with Crippen molar-refractivity contribution in [3.8, 4) is 21.9 Å². The van der Waals surface area contributed by atoms with Crippen LogP contribution in [-0.2, 0) is 9.53 Å². The van der Waals surface area contributed by atoms with Crippen molar-refractivity contribution in [1.82, 2.24) is 0 Å². The van der Waals surface area contributed by atoms with E-state index < -0.39 is 12.1 Å². The van der Waals surface area contributed by atoms with Crippen molar-refractivity contribution >= 4 is 35.0 Å². The van der Waals surface area contributed by atoms with E-state index in [0.717, 1.165) is 16.0 Å². The van der Waals surface area contributed by atoms with Crippen LogP contribution in [0.3, 0.4) is 0 Å². The highest BCUT2D eigenvalue weighted by Gasteiger charge is 2.23. The van der Waals surface area contributed by atoms with Gasteiger partial charge in [-0.2, -0.15) is 0 Å². The third-order valence-corrected chi connectivity index (χ3v) is 5.86. The molecule has 1 atom stereocenters. The van der Waals surface area contributed by atoms with Crippen molar-refractivity contribution in [2.45, 2.75) is 13.0 Å². The minimum Gasteiger partial charge on any atom is -0.493 e. The van der Waals surface area contributed by atoms with Gasteiger partial charge in [0.25, 0.3) is 0 Å². The van der Waals surface area contributed by atoms with Crippen LogP contribution in [0.5, 0.6) is 11.5 Å². The maximum absolute atomic E-state index is 11.7. The summed E-state index contributed by atoms with van der Waals surface area (Å²) in [5, 5.41) is 13.8. The monoisotopic (exact) mass is 458 g/mol. The first kappa shape index (κ1) is 22.9. The number of benzene rings is 2. The molecule has 0 amide bonds. The van der Waals surface area contributed by atoms with Gasteiger partial charge in [-0.3, -0.25) is 0 Å². The summed E-state index contributed by atoms with van der Waals surface area (Å²) >= 11 is 7.78. The van der Waals surface area contributed by atoms with Gasteiger partial charge >= 0.3 is 5.97 Å². The lowest BCUT2D eigenvalue weighted by atomic mass is 9.94. The van der Waals surface area contributed by atoms with Crippen molar-refractivity contribution in [1.29, 1.82) is 0 Å². The molecular formula is C24H23ClO5S. The fraction of sp³-hybridized carbons (Fsp3) is 0.208. The van der Waals surface area contributed by atoms with Gasteiger partial charge in [-0.05, 0) is 59.3 Å². The average molecular weight is 459 g/mol. The maximum atomic E-state index is 11.7. The normalized spacial score (nSPS) is 12.0. The number of methoxy groups -OCH3 is 2. The smallest absolute Gasteiger partial charge is 0.330 e. The van der Waals surface area contributed by atoms with Crippen LogP contribution in [-0.4, -0.2) is 31.9 Å². The van der Waals surface area contributed by atoms with Crippen LogP contribution in [0.25, 0.3) is 16.5 Å². The van der Waals surface area contributed by atoms with Crippen LogP contribution < -0.4 is 9.47 Å². The lowest BCUT2D eigenvalue weighted by molar-refractivity contribution is -0.137. The molecule has 31 heavy (non-hydrogen) atoms. The van der Waals surface area contributed by atoms with Crippen LogP contribution in [0.1, 0.15) is 29.7 Å². The second-order valence-corrected chi connectivity index (χ2v) is 7.86. The number of halogens is 1. The van der Waals surface area contributed by atoms with Crippen LogP contribution in [0.4, 0.5) is 0 Å². The summed E-state index contributed by atoms with van der Waals surface area (Å²) in [5.41, 5.74) is 2.82. The summed E-state index contributed by atoms with van der Waals surface area (Å²) in [7, 11) is 3.08. The van der Waals surface area contributed by atoms with Gasteiger partial charge in [-0.15, -0.1) is 11.3 Å². The van der Waals surface area contributed by atoms with Gasteiger partial charge in [-0.25, -0.2) is 4.79 Å². The minimum atomic E-state index is -1.01. The van der Waals surface area contributed by atoms with E-state index in [9.17, 15) is 9.90 Å². The Morgan fingerprint density at radius 1 is 1.16 bits per heavy atom.